The van der Waals surface area contributed by atoms with Gasteiger partial charge in [0.15, 0.2) is 0 Å². The van der Waals surface area contributed by atoms with Crippen molar-refractivity contribution in [1.82, 2.24) is 10.1 Å². The van der Waals surface area contributed by atoms with Crippen molar-refractivity contribution >= 4 is 0 Å². The van der Waals surface area contributed by atoms with Gasteiger partial charge in [0.05, 0.1) is 0 Å². The summed E-state index contributed by atoms with van der Waals surface area (Å²) in [6.45, 7) is 3.91. The number of hydrogen-bond donors (Lipinski definition) is 1. The summed E-state index contributed by atoms with van der Waals surface area (Å²) in [5.74, 6) is 1.15. The van der Waals surface area contributed by atoms with Crippen molar-refractivity contribution in [3.05, 3.63) is 29.6 Å². The van der Waals surface area contributed by atoms with Crippen molar-refractivity contribution in [2.24, 2.45) is 0 Å². The van der Waals surface area contributed by atoms with Crippen LogP contribution in [0.5, 0.6) is 5.75 Å². The molecule has 0 saturated heterocycles. The second-order valence-electron chi connectivity index (χ2n) is 4.47. The van der Waals surface area contributed by atoms with Crippen molar-refractivity contribution < 1.29 is 14.4 Å². The molecule has 0 aliphatic heterocycles. The number of aromatic hydroxyl groups is 1. The first-order valence-corrected chi connectivity index (χ1v) is 6.32. The Kier molecular flexibility index (Phi) is 4.16. The van der Waals surface area contributed by atoms with Gasteiger partial charge in [0.2, 0.25) is 5.82 Å². The van der Waals surface area contributed by atoms with E-state index in [0.29, 0.717) is 17.3 Å². The summed E-state index contributed by atoms with van der Waals surface area (Å²) in [7, 11) is 1.63. The van der Waals surface area contributed by atoms with Gasteiger partial charge < -0.3 is 14.4 Å². The minimum Gasteiger partial charge on any atom is -0.508 e. The number of phenols is 1. The molecule has 0 saturated carbocycles. The van der Waals surface area contributed by atoms with Crippen LogP contribution in [0.25, 0.3) is 11.5 Å². The average Bonchev–Trinajstić information content (AvgIpc) is 2.88. The Labute approximate surface area is 112 Å². The van der Waals surface area contributed by atoms with Gasteiger partial charge in [-0.3, -0.25) is 0 Å². The average molecular weight is 262 g/mol. The Balaban J connectivity index is 2.27. The SMILES string of the molecule is CCCC(OC)c1noc(-c2ccc(C)c(O)c2)n1. The molecule has 0 aliphatic rings. The van der Waals surface area contributed by atoms with Crippen LogP contribution in [0.2, 0.25) is 0 Å². The number of ether oxygens (including phenoxy) is 1. The number of rotatable bonds is 5. The van der Waals surface area contributed by atoms with Crippen LogP contribution in [0.1, 0.15) is 37.3 Å². The Morgan fingerprint density at radius 1 is 1.42 bits per heavy atom. The molecular formula is C14H18N2O3. The van der Waals surface area contributed by atoms with Crippen LogP contribution in [0.15, 0.2) is 22.7 Å². The zero-order chi connectivity index (χ0) is 13.8. The van der Waals surface area contributed by atoms with Crippen molar-refractivity contribution in [3.63, 3.8) is 0 Å². The molecule has 0 bridgehead atoms. The highest BCUT2D eigenvalue weighted by atomic mass is 16.5. The van der Waals surface area contributed by atoms with Gasteiger partial charge in [0.1, 0.15) is 11.9 Å². The summed E-state index contributed by atoms with van der Waals surface area (Å²) in [6.07, 6.45) is 1.67. The molecule has 0 fully saturated rings. The van der Waals surface area contributed by atoms with E-state index in [4.69, 9.17) is 9.26 Å². The summed E-state index contributed by atoms with van der Waals surface area (Å²) in [5.41, 5.74) is 1.51. The molecule has 1 atom stereocenters. The first-order chi connectivity index (χ1) is 9.15. The van der Waals surface area contributed by atoms with Gasteiger partial charge in [-0.2, -0.15) is 4.98 Å². The molecule has 0 radical (unpaired) electrons. The van der Waals surface area contributed by atoms with E-state index in [1.165, 1.54) is 0 Å². The van der Waals surface area contributed by atoms with Gasteiger partial charge in [-0.05, 0) is 31.0 Å². The fourth-order valence-electron chi connectivity index (χ4n) is 1.84. The maximum absolute atomic E-state index is 9.69. The zero-order valence-electron chi connectivity index (χ0n) is 11.4. The fourth-order valence-corrected chi connectivity index (χ4v) is 1.84. The topological polar surface area (TPSA) is 68.4 Å². The number of phenolic OH excluding ortho intramolecular Hbond substituents is 1. The molecule has 0 aliphatic carbocycles. The monoisotopic (exact) mass is 262 g/mol. The van der Waals surface area contributed by atoms with E-state index in [1.807, 2.05) is 19.1 Å². The second kappa shape index (κ2) is 5.84. The van der Waals surface area contributed by atoms with Gasteiger partial charge in [-0.25, -0.2) is 0 Å². The summed E-state index contributed by atoms with van der Waals surface area (Å²) in [4.78, 5) is 4.33. The third-order valence-corrected chi connectivity index (χ3v) is 3.02. The van der Waals surface area contributed by atoms with Crippen LogP contribution in [0, 0.1) is 6.92 Å². The molecular weight excluding hydrogens is 244 g/mol. The Morgan fingerprint density at radius 3 is 2.84 bits per heavy atom. The summed E-state index contributed by atoms with van der Waals surface area (Å²) in [5, 5.41) is 13.6. The lowest BCUT2D eigenvalue weighted by molar-refractivity contribution is 0.0854. The van der Waals surface area contributed by atoms with Crippen LogP contribution in [-0.2, 0) is 4.74 Å². The predicted octanol–water partition coefficient (Wildman–Crippen LogP) is 3.24. The van der Waals surface area contributed by atoms with Gasteiger partial charge in [-0.1, -0.05) is 24.6 Å². The number of hydrogen-bond acceptors (Lipinski definition) is 5. The summed E-state index contributed by atoms with van der Waals surface area (Å²) < 4.78 is 10.6. The third kappa shape index (κ3) is 2.93. The molecule has 2 rings (SSSR count). The number of methoxy groups -OCH3 is 1. The van der Waals surface area contributed by atoms with E-state index in [9.17, 15) is 5.11 Å². The standard InChI is InChI=1S/C14H18N2O3/c1-4-5-12(18-3)13-15-14(19-16-13)10-7-6-9(2)11(17)8-10/h6-8,12,17H,4-5H2,1-3H3. The van der Waals surface area contributed by atoms with E-state index in [2.05, 4.69) is 17.1 Å². The lowest BCUT2D eigenvalue weighted by atomic mass is 10.1. The first-order valence-electron chi connectivity index (χ1n) is 6.32. The maximum atomic E-state index is 9.69. The molecule has 2 aromatic rings. The van der Waals surface area contributed by atoms with Crippen LogP contribution < -0.4 is 0 Å². The summed E-state index contributed by atoms with van der Waals surface area (Å²) >= 11 is 0. The normalized spacial score (nSPS) is 12.6. The molecule has 1 aromatic heterocycles. The molecule has 1 N–H and O–H groups in total. The van der Waals surface area contributed by atoms with E-state index < -0.39 is 0 Å². The number of aromatic nitrogens is 2. The molecule has 0 spiro atoms. The highest BCUT2D eigenvalue weighted by Gasteiger charge is 2.18. The molecule has 1 aromatic carbocycles. The molecule has 1 heterocycles. The highest BCUT2D eigenvalue weighted by Crippen LogP contribution is 2.27. The van der Waals surface area contributed by atoms with Crippen molar-refractivity contribution in [2.75, 3.05) is 7.11 Å². The molecule has 5 heteroatoms. The van der Waals surface area contributed by atoms with Crippen LogP contribution >= 0.6 is 0 Å². The van der Waals surface area contributed by atoms with Gasteiger partial charge in [-0.15, -0.1) is 0 Å². The van der Waals surface area contributed by atoms with Crippen LogP contribution in [0.4, 0.5) is 0 Å². The van der Waals surface area contributed by atoms with Crippen molar-refractivity contribution in [2.45, 2.75) is 32.8 Å². The smallest absolute Gasteiger partial charge is 0.258 e. The van der Waals surface area contributed by atoms with E-state index in [-0.39, 0.29) is 11.9 Å². The van der Waals surface area contributed by atoms with E-state index >= 15 is 0 Å². The summed E-state index contributed by atoms with van der Waals surface area (Å²) in [6, 6.07) is 5.27. The fraction of sp³-hybridized carbons (Fsp3) is 0.429. The lowest BCUT2D eigenvalue weighted by Gasteiger charge is -2.08. The largest absolute Gasteiger partial charge is 0.508 e. The molecule has 1 unspecified atom stereocenters. The Hall–Kier alpha value is -1.88. The Bertz CT molecular complexity index is 551. The zero-order valence-corrected chi connectivity index (χ0v) is 11.4. The van der Waals surface area contributed by atoms with Gasteiger partial charge in [0, 0.05) is 12.7 Å². The van der Waals surface area contributed by atoms with E-state index in [0.717, 1.165) is 18.4 Å². The highest BCUT2D eigenvalue weighted by molar-refractivity contribution is 5.57. The molecule has 19 heavy (non-hydrogen) atoms. The third-order valence-electron chi connectivity index (χ3n) is 3.02. The second-order valence-corrected chi connectivity index (χ2v) is 4.47. The molecule has 0 amide bonds. The number of benzene rings is 1. The lowest BCUT2D eigenvalue weighted by Crippen LogP contribution is -2.03. The van der Waals surface area contributed by atoms with E-state index in [1.54, 1.807) is 13.2 Å². The van der Waals surface area contributed by atoms with Gasteiger partial charge >= 0.3 is 0 Å². The predicted molar refractivity (Wildman–Crippen MR) is 70.8 cm³/mol. The van der Waals surface area contributed by atoms with Crippen molar-refractivity contribution in [1.29, 1.82) is 0 Å². The molecule has 102 valence electrons. The first kappa shape index (κ1) is 13.5. The Morgan fingerprint density at radius 2 is 2.21 bits per heavy atom. The minimum atomic E-state index is -0.151. The maximum Gasteiger partial charge on any atom is 0.258 e. The number of nitrogens with zero attached hydrogens (tertiary/aromatic N) is 2. The minimum absolute atomic E-state index is 0.151. The van der Waals surface area contributed by atoms with Crippen molar-refractivity contribution in [3.8, 4) is 17.2 Å². The quantitative estimate of drug-likeness (QED) is 0.895. The number of aryl methyl sites for hydroxylation is 1. The van der Waals surface area contributed by atoms with Gasteiger partial charge in [0.25, 0.3) is 5.89 Å². The molecule has 5 nitrogen and oxygen atoms in total. The van der Waals surface area contributed by atoms with Crippen LogP contribution in [0.3, 0.4) is 0 Å². The van der Waals surface area contributed by atoms with Crippen LogP contribution in [-0.4, -0.2) is 22.4 Å².